The maximum atomic E-state index is 12.0. The smallest absolute Gasteiger partial charge is 0.266 e. The van der Waals surface area contributed by atoms with E-state index in [1.165, 1.54) is 18.5 Å². The first kappa shape index (κ1) is 14.3. The fourth-order valence-corrected chi connectivity index (χ4v) is 2.27. The van der Waals surface area contributed by atoms with E-state index in [2.05, 4.69) is 25.2 Å². The van der Waals surface area contributed by atoms with Crippen molar-refractivity contribution >= 4 is 21.8 Å². The molecule has 0 unspecified atom stereocenters. The molecule has 0 radical (unpaired) electrons. The van der Waals surface area contributed by atoms with E-state index in [1.54, 1.807) is 6.92 Å². The minimum atomic E-state index is -3.76. The van der Waals surface area contributed by atoms with E-state index in [1.807, 2.05) is 6.92 Å². The van der Waals surface area contributed by atoms with Crippen molar-refractivity contribution in [2.24, 2.45) is 0 Å². The minimum absolute atomic E-state index is 0.0415. The quantitative estimate of drug-likeness (QED) is 0.829. The van der Waals surface area contributed by atoms with Crippen LogP contribution >= 0.6 is 0 Å². The summed E-state index contributed by atoms with van der Waals surface area (Å²) in [4.78, 5) is 7.85. The van der Waals surface area contributed by atoms with E-state index >= 15 is 0 Å². The van der Waals surface area contributed by atoms with Gasteiger partial charge in [-0.25, -0.2) is 18.4 Å². The van der Waals surface area contributed by atoms with Crippen LogP contribution in [0.5, 0.6) is 0 Å². The number of hydrogen-bond acceptors (Lipinski definition) is 7. The van der Waals surface area contributed by atoms with Gasteiger partial charge < -0.3 is 9.84 Å². The molecule has 0 saturated heterocycles. The Balaban J connectivity index is 2.13. The van der Waals surface area contributed by atoms with E-state index in [0.29, 0.717) is 11.7 Å². The zero-order valence-corrected chi connectivity index (χ0v) is 11.9. The highest BCUT2D eigenvalue weighted by Crippen LogP contribution is 2.14. The molecular formula is C11H15N5O3S. The van der Waals surface area contributed by atoms with Gasteiger partial charge in [-0.05, 0) is 13.3 Å². The van der Waals surface area contributed by atoms with Crippen LogP contribution in [0.25, 0.3) is 0 Å². The highest BCUT2D eigenvalue weighted by atomic mass is 32.2. The Morgan fingerprint density at radius 1 is 1.30 bits per heavy atom. The van der Waals surface area contributed by atoms with Crippen molar-refractivity contribution in [2.75, 3.05) is 16.6 Å². The van der Waals surface area contributed by atoms with Gasteiger partial charge in [0.15, 0.2) is 5.82 Å². The van der Waals surface area contributed by atoms with E-state index in [9.17, 15) is 8.42 Å². The summed E-state index contributed by atoms with van der Waals surface area (Å²) in [6.07, 6.45) is 3.40. The zero-order chi connectivity index (χ0) is 14.6. The summed E-state index contributed by atoms with van der Waals surface area (Å²) >= 11 is 0. The van der Waals surface area contributed by atoms with Gasteiger partial charge in [-0.2, -0.15) is 0 Å². The molecule has 0 amide bonds. The molecule has 0 aromatic carbocycles. The number of sulfonamides is 1. The van der Waals surface area contributed by atoms with Gasteiger partial charge in [0.1, 0.15) is 10.7 Å². The third-order valence-corrected chi connectivity index (χ3v) is 3.65. The van der Waals surface area contributed by atoms with Gasteiger partial charge in [0.2, 0.25) is 5.95 Å². The summed E-state index contributed by atoms with van der Waals surface area (Å²) < 4.78 is 31.2. The second-order valence-corrected chi connectivity index (χ2v) is 5.78. The summed E-state index contributed by atoms with van der Waals surface area (Å²) in [5.41, 5.74) is 0. The molecule has 0 aliphatic heterocycles. The van der Waals surface area contributed by atoms with E-state index < -0.39 is 10.0 Å². The summed E-state index contributed by atoms with van der Waals surface area (Å²) in [5.74, 6) is 1.02. The van der Waals surface area contributed by atoms with Crippen molar-refractivity contribution < 1.29 is 12.9 Å². The lowest BCUT2D eigenvalue weighted by atomic mass is 10.5. The fourth-order valence-electron chi connectivity index (χ4n) is 1.39. The molecule has 2 heterocycles. The molecule has 2 aromatic rings. The molecular weight excluding hydrogens is 282 g/mol. The third kappa shape index (κ3) is 3.44. The fraction of sp³-hybridized carbons (Fsp3) is 0.364. The van der Waals surface area contributed by atoms with Crippen molar-refractivity contribution in [1.29, 1.82) is 0 Å². The third-order valence-electron chi connectivity index (χ3n) is 2.34. The van der Waals surface area contributed by atoms with Crippen molar-refractivity contribution in [3.8, 4) is 0 Å². The molecule has 2 N–H and O–H groups in total. The predicted octanol–water partition coefficient (Wildman–Crippen LogP) is 1.40. The standard InChI is InChI=1S/C11H15N5O3S/c1-3-4-12-11-13-6-9(7-14-11)20(17,18)16-10-5-8(2)19-15-10/h5-7H,3-4H2,1-2H3,(H,15,16)(H,12,13,14). The van der Waals surface area contributed by atoms with Crippen molar-refractivity contribution in [1.82, 2.24) is 15.1 Å². The maximum absolute atomic E-state index is 12.0. The Morgan fingerprint density at radius 3 is 2.55 bits per heavy atom. The van der Waals surface area contributed by atoms with Crippen molar-refractivity contribution in [3.63, 3.8) is 0 Å². The Bertz CT molecular complexity index is 666. The molecule has 2 aromatic heterocycles. The van der Waals surface area contributed by atoms with Gasteiger partial charge in [0.25, 0.3) is 10.0 Å². The highest BCUT2D eigenvalue weighted by Gasteiger charge is 2.17. The number of hydrogen-bond donors (Lipinski definition) is 2. The first-order valence-corrected chi connectivity index (χ1v) is 7.51. The van der Waals surface area contributed by atoms with Gasteiger partial charge >= 0.3 is 0 Å². The predicted molar refractivity (Wildman–Crippen MR) is 72.9 cm³/mol. The zero-order valence-electron chi connectivity index (χ0n) is 11.1. The highest BCUT2D eigenvalue weighted by molar-refractivity contribution is 7.92. The van der Waals surface area contributed by atoms with Crippen LogP contribution in [-0.4, -0.2) is 30.1 Å². The monoisotopic (exact) mass is 297 g/mol. The molecule has 20 heavy (non-hydrogen) atoms. The molecule has 0 aliphatic rings. The van der Waals surface area contributed by atoms with Crippen LogP contribution in [0.2, 0.25) is 0 Å². The van der Waals surface area contributed by atoms with Crippen LogP contribution in [0.3, 0.4) is 0 Å². The average Bonchev–Trinajstić information content (AvgIpc) is 2.81. The summed E-state index contributed by atoms with van der Waals surface area (Å²) in [7, 11) is -3.76. The van der Waals surface area contributed by atoms with E-state index in [4.69, 9.17) is 4.52 Å². The second kappa shape index (κ2) is 5.87. The minimum Gasteiger partial charge on any atom is -0.360 e. The lowest BCUT2D eigenvalue weighted by molar-refractivity contribution is 0.400. The number of aromatic nitrogens is 3. The van der Waals surface area contributed by atoms with Gasteiger partial charge in [-0.1, -0.05) is 12.1 Å². The Hall–Kier alpha value is -2.16. The van der Waals surface area contributed by atoms with Gasteiger partial charge in [0.05, 0.1) is 12.4 Å². The van der Waals surface area contributed by atoms with Crippen LogP contribution in [0.15, 0.2) is 27.9 Å². The van der Waals surface area contributed by atoms with E-state index in [-0.39, 0.29) is 10.7 Å². The molecule has 0 fully saturated rings. The average molecular weight is 297 g/mol. The van der Waals surface area contributed by atoms with Crippen LogP contribution in [0.4, 0.5) is 11.8 Å². The second-order valence-electron chi connectivity index (χ2n) is 4.10. The molecule has 0 aliphatic carbocycles. The number of anilines is 2. The van der Waals surface area contributed by atoms with Crippen molar-refractivity contribution in [3.05, 3.63) is 24.2 Å². The number of rotatable bonds is 6. The molecule has 2 rings (SSSR count). The largest absolute Gasteiger partial charge is 0.360 e. The first-order valence-electron chi connectivity index (χ1n) is 6.03. The Morgan fingerprint density at radius 2 is 2.00 bits per heavy atom. The van der Waals surface area contributed by atoms with Crippen LogP contribution in [-0.2, 0) is 10.0 Å². The number of nitrogens with zero attached hydrogens (tertiary/aromatic N) is 3. The topological polar surface area (TPSA) is 110 Å². The van der Waals surface area contributed by atoms with Crippen molar-refractivity contribution in [2.45, 2.75) is 25.2 Å². The molecule has 0 bridgehead atoms. The summed E-state index contributed by atoms with van der Waals surface area (Å²) in [6, 6.07) is 1.48. The Labute approximate surface area is 116 Å². The SMILES string of the molecule is CCCNc1ncc(S(=O)(=O)Nc2cc(C)on2)cn1. The van der Waals surface area contributed by atoms with Gasteiger partial charge in [0, 0.05) is 12.6 Å². The summed E-state index contributed by atoms with van der Waals surface area (Å²) in [5, 5.41) is 6.53. The van der Waals surface area contributed by atoms with E-state index in [0.717, 1.165) is 13.0 Å². The number of aryl methyl sites for hydroxylation is 1. The summed E-state index contributed by atoms with van der Waals surface area (Å²) in [6.45, 7) is 4.40. The maximum Gasteiger partial charge on any atom is 0.266 e. The molecule has 108 valence electrons. The van der Waals surface area contributed by atoms with Crippen LogP contribution in [0, 0.1) is 6.92 Å². The normalized spacial score (nSPS) is 11.3. The number of nitrogens with one attached hydrogen (secondary N) is 2. The first-order chi connectivity index (χ1) is 9.51. The molecule has 0 saturated carbocycles. The lowest BCUT2D eigenvalue weighted by Gasteiger charge is -2.05. The molecule has 0 atom stereocenters. The molecule has 9 heteroatoms. The van der Waals surface area contributed by atoms with Gasteiger partial charge in [-0.15, -0.1) is 0 Å². The van der Waals surface area contributed by atoms with Gasteiger partial charge in [-0.3, -0.25) is 4.72 Å². The van der Waals surface area contributed by atoms with Crippen LogP contribution < -0.4 is 10.0 Å². The lowest BCUT2D eigenvalue weighted by Crippen LogP contribution is -2.14. The molecule has 0 spiro atoms. The Kier molecular flexibility index (Phi) is 4.18. The molecule has 8 nitrogen and oxygen atoms in total. The van der Waals surface area contributed by atoms with Crippen LogP contribution in [0.1, 0.15) is 19.1 Å².